The molecule has 0 fully saturated rings. The lowest BCUT2D eigenvalue weighted by Gasteiger charge is -2.12. The van der Waals surface area contributed by atoms with Crippen molar-refractivity contribution in [1.29, 1.82) is 0 Å². The monoisotopic (exact) mass is 295 g/mol. The highest BCUT2D eigenvalue weighted by Gasteiger charge is 2.06. The van der Waals surface area contributed by atoms with Gasteiger partial charge < -0.3 is 10.4 Å². The van der Waals surface area contributed by atoms with Crippen LogP contribution in [0, 0.1) is 0 Å². The van der Waals surface area contributed by atoms with Crippen LogP contribution in [-0.2, 0) is 0 Å². The molecule has 114 valence electrons. The third kappa shape index (κ3) is 7.32. The molecule has 0 bridgehead atoms. The van der Waals surface area contributed by atoms with E-state index in [4.69, 9.17) is 0 Å². The van der Waals surface area contributed by atoms with E-state index in [1.165, 1.54) is 43.4 Å². The van der Waals surface area contributed by atoms with E-state index in [1.807, 2.05) is 12.1 Å². The molecule has 20 heavy (non-hydrogen) atoms. The van der Waals surface area contributed by atoms with Gasteiger partial charge in [0.2, 0.25) is 0 Å². The zero-order chi connectivity index (χ0) is 14.6. The van der Waals surface area contributed by atoms with E-state index in [1.54, 1.807) is 11.8 Å². The molecule has 2 N–H and O–H groups in total. The van der Waals surface area contributed by atoms with Crippen molar-refractivity contribution in [2.75, 3.05) is 19.3 Å². The highest BCUT2D eigenvalue weighted by Crippen LogP contribution is 2.18. The van der Waals surface area contributed by atoms with Crippen molar-refractivity contribution in [1.82, 2.24) is 5.32 Å². The molecular formula is C17H29NOS. The Morgan fingerprint density at radius 1 is 1.05 bits per heavy atom. The first-order valence-corrected chi connectivity index (χ1v) is 9.03. The molecule has 0 radical (unpaired) electrons. The van der Waals surface area contributed by atoms with Crippen LogP contribution < -0.4 is 5.32 Å². The second kappa shape index (κ2) is 11.2. The number of unbranched alkanes of at least 4 members (excludes halogenated alkanes) is 5. The molecular weight excluding hydrogens is 266 g/mol. The van der Waals surface area contributed by atoms with Gasteiger partial charge in [-0.25, -0.2) is 0 Å². The van der Waals surface area contributed by atoms with Crippen LogP contribution in [0.15, 0.2) is 29.2 Å². The summed E-state index contributed by atoms with van der Waals surface area (Å²) in [4.78, 5) is 1.24. The minimum absolute atomic E-state index is 0.397. The van der Waals surface area contributed by atoms with Crippen LogP contribution in [0.25, 0.3) is 0 Å². The molecule has 0 saturated carbocycles. The number of aliphatic hydroxyl groups is 1. The van der Waals surface area contributed by atoms with Gasteiger partial charge in [-0.2, -0.15) is 0 Å². The predicted molar refractivity (Wildman–Crippen MR) is 89.4 cm³/mol. The second-order valence-electron chi connectivity index (χ2n) is 5.26. The highest BCUT2D eigenvalue weighted by molar-refractivity contribution is 7.98. The minimum Gasteiger partial charge on any atom is -0.387 e. The number of benzene rings is 1. The Morgan fingerprint density at radius 2 is 1.70 bits per heavy atom. The van der Waals surface area contributed by atoms with Crippen molar-refractivity contribution in [3.05, 3.63) is 29.8 Å². The second-order valence-corrected chi connectivity index (χ2v) is 6.14. The van der Waals surface area contributed by atoms with Gasteiger partial charge in [0.05, 0.1) is 6.10 Å². The molecule has 2 nitrogen and oxygen atoms in total. The number of hydrogen-bond acceptors (Lipinski definition) is 3. The largest absolute Gasteiger partial charge is 0.387 e. The Labute approximate surface area is 128 Å². The number of nitrogens with one attached hydrogen (secondary N) is 1. The Balaban J connectivity index is 2.08. The van der Waals surface area contributed by atoms with Crippen molar-refractivity contribution in [2.24, 2.45) is 0 Å². The molecule has 0 aliphatic heterocycles. The van der Waals surface area contributed by atoms with E-state index < -0.39 is 6.10 Å². The Hall–Kier alpha value is -0.510. The molecule has 3 heteroatoms. The average Bonchev–Trinajstić information content (AvgIpc) is 2.50. The average molecular weight is 295 g/mol. The first-order valence-electron chi connectivity index (χ1n) is 7.80. The van der Waals surface area contributed by atoms with Gasteiger partial charge in [-0.3, -0.25) is 0 Å². The maximum Gasteiger partial charge on any atom is 0.0914 e. The summed E-state index contributed by atoms with van der Waals surface area (Å²) in [5, 5.41) is 13.4. The molecule has 0 aliphatic rings. The first-order chi connectivity index (χ1) is 9.77. The third-order valence-electron chi connectivity index (χ3n) is 3.55. The molecule has 1 rings (SSSR count). The summed E-state index contributed by atoms with van der Waals surface area (Å²) in [7, 11) is 0. The molecule has 1 aromatic carbocycles. The predicted octanol–water partition coefficient (Wildman–Crippen LogP) is 4.39. The molecule has 0 saturated heterocycles. The molecule has 0 aromatic heterocycles. The van der Waals surface area contributed by atoms with Crippen molar-refractivity contribution in [3.63, 3.8) is 0 Å². The lowest BCUT2D eigenvalue weighted by atomic mass is 10.1. The van der Waals surface area contributed by atoms with E-state index in [9.17, 15) is 5.11 Å². The van der Waals surface area contributed by atoms with Crippen molar-refractivity contribution >= 4 is 11.8 Å². The standard InChI is InChI=1S/C17H29NOS/c1-3-4-5-6-7-8-13-18-14-17(19)15-9-11-16(20-2)12-10-15/h9-12,17-19H,3-8,13-14H2,1-2H3. The Kier molecular flexibility index (Phi) is 9.81. The van der Waals surface area contributed by atoms with Gasteiger partial charge in [0, 0.05) is 11.4 Å². The molecule has 1 atom stereocenters. The summed E-state index contributed by atoms with van der Waals surface area (Å²) >= 11 is 1.72. The van der Waals surface area contributed by atoms with Crippen molar-refractivity contribution in [2.45, 2.75) is 56.4 Å². The SMILES string of the molecule is CCCCCCCCNCC(O)c1ccc(SC)cc1. The third-order valence-corrected chi connectivity index (χ3v) is 4.29. The summed E-state index contributed by atoms with van der Waals surface area (Å²) < 4.78 is 0. The maximum atomic E-state index is 10.1. The van der Waals surface area contributed by atoms with Crippen LogP contribution in [0.4, 0.5) is 0 Å². The van der Waals surface area contributed by atoms with Gasteiger partial charge in [0.1, 0.15) is 0 Å². The van der Waals surface area contributed by atoms with Gasteiger partial charge in [-0.05, 0) is 36.9 Å². The van der Waals surface area contributed by atoms with Gasteiger partial charge >= 0.3 is 0 Å². The molecule has 0 spiro atoms. The van der Waals surface area contributed by atoms with E-state index in [2.05, 4.69) is 30.6 Å². The van der Waals surface area contributed by atoms with Crippen molar-refractivity contribution < 1.29 is 5.11 Å². The number of aliphatic hydroxyl groups excluding tert-OH is 1. The zero-order valence-electron chi connectivity index (χ0n) is 12.9. The summed E-state index contributed by atoms with van der Waals surface area (Å²) in [6, 6.07) is 8.17. The number of rotatable bonds is 11. The van der Waals surface area contributed by atoms with E-state index in [0.29, 0.717) is 6.54 Å². The van der Waals surface area contributed by atoms with Crippen LogP contribution in [0.5, 0.6) is 0 Å². The van der Waals surface area contributed by atoms with E-state index >= 15 is 0 Å². The molecule has 0 aliphatic carbocycles. The smallest absolute Gasteiger partial charge is 0.0914 e. The van der Waals surface area contributed by atoms with E-state index in [-0.39, 0.29) is 0 Å². The maximum absolute atomic E-state index is 10.1. The van der Waals surface area contributed by atoms with Crippen molar-refractivity contribution in [3.8, 4) is 0 Å². The van der Waals surface area contributed by atoms with Crippen LogP contribution in [0.1, 0.15) is 57.1 Å². The summed E-state index contributed by atoms with van der Waals surface area (Å²) in [5.41, 5.74) is 0.998. The first kappa shape index (κ1) is 17.5. The zero-order valence-corrected chi connectivity index (χ0v) is 13.7. The van der Waals surface area contributed by atoms with Crippen LogP contribution in [0.3, 0.4) is 0 Å². The topological polar surface area (TPSA) is 32.3 Å². The fraction of sp³-hybridized carbons (Fsp3) is 0.647. The highest BCUT2D eigenvalue weighted by atomic mass is 32.2. The summed E-state index contributed by atoms with van der Waals surface area (Å²) in [6.07, 6.45) is 9.54. The van der Waals surface area contributed by atoms with Gasteiger partial charge in [0.15, 0.2) is 0 Å². The summed E-state index contributed by atoms with van der Waals surface area (Å²) in [5.74, 6) is 0. The Morgan fingerprint density at radius 3 is 2.35 bits per heavy atom. The van der Waals surface area contributed by atoms with Gasteiger partial charge in [-0.15, -0.1) is 11.8 Å². The Bertz CT molecular complexity index is 339. The number of thioether (sulfide) groups is 1. The molecule has 1 aromatic rings. The summed E-state index contributed by atoms with van der Waals surface area (Å²) in [6.45, 7) is 3.90. The normalized spacial score (nSPS) is 12.6. The van der Waals surface area contributed by atoms with Crippen LogP contribution in [-0.4, -0.2) is 24.5 Å². The molecule has 0 heterocycles. The lowest BCUT2D eigenvalue weighted by Crippen LogP contribution is -2.22. The van der Waals surface area contributed by atoms with Crippen LogP contribution >= 0.6 is 11.8 Å². The van der Waals surface area contributed by atoms with Gasteiger partial charge in [0.25, 0.3) is 0 Å². The fourth-order valence-electron chi connectivity index (χ4n) is 2.21. The van der Waals surface area contributed by atoms with Crippen LogP contribution in [0.2, 0.25) is 0 Å². The number of hydrogen-bond donors (Lipinski definition) is 2. The lowest BCUT2D eigenvalue weighted by molar-refractivity contribution is 0.174. The van der Waals surface area contributed by atoms with Gasteiger partial charge in [-0.1, -0.05) is 51.2 Å². The fourth-order valence-corrected chi connectivity index (χ4v) is 2.62. The molecule has 1 unspecified atom stereocenters. The quantitative estimate of drug-likeness (QED) is 0.469. The van der Waals surface area contributed by atoms with E-state index in [0.717, 1.165) is 12.1 Å². The molecule has 0 amide bonds. The minimum atomic E-state index is -0.397.